The Labute approximate surface area is 74.7 Å². The number of carbonyl (C=O) groups excluding carboxylic acids is 4. The van der Waals surface area contributed by atoms with Crippen molar-refractivity contribution in [3.05, 3.63) is 0 Å². The van der Waals surface area contributed by atoms with E-state index >= 15 is 0 Å². The van der Waals surface area contributed by atoms with Crippen LogP contribution in [-0.2, 0) is 19.2 Å². The summed E-state index contributed by atoms with van der Waals surface area (Å²) < 4.78 is 0. The summed E-state index contributed by atoms with van der Waals surface area (Å²) in [5, 5.41) is 0. The van der Waals surface area contributed by atoms with E-state index in [0.717, 1.165) is 4.90 Å². The molecule has 1 atom stereocenters. The molecule has 1 unspecified atom stereocenters. The highest BCUT2D eigenvalue weighted by molar-refractivity contribution is 6.04. The lowest BCUT2D eigenvalue weighted by molar-refractivity contribution is -0.143. The zero-order chi connectivity index (χ0) is 9.84. The van der Waals surface area contributed by atoms with Crippen LogP contribution in [0.2, 0.25) is 0 Å². The second kappa shape index (κ2) is 3.93. The smallest absolute Gasteiger partial charge is 0.230 e. The monoisotopic (exact) mass is 183 g/mol. The van der Waals surface area contributed by atoms with Gasteiger partial charge in [-0.25, -0.2) is 0 Å². The molecule has 0 aromatic heterocycles. The van der Waals surface area contributed by atoms with Crippen LogP contribution < -0.4 is 0 Å². The first-order chi connectivity index (χ1) is 6.20. The summed E-state index contributed by atoms with van der Waals surface area (Å²) >= 11 is 0. The van der Waals surface area contributed by atoms with Crippen LogP contribution in [0.15, 0.2) is 0 Å². The molecular weight excluding hydrogens is 174 g/mol. The predicted molar refractivity (Wildman–Crippen MR) is 41.6 cm³/mol. The maximum Gasteiger partial charge on any atom is 0.230 e. The number of hydrogen-bond acceptors (Lipinski definition) is 4. The summed E-state index contributed by atoms with van der Waals surface area (Å²) in [6.07, 6.45) is 1.15. The number of likely N-dealkylation sites (tertiary alicyclic amines) is 1. The maximum atomic E-state index is 11.1. The Morgan fingerprint density at radius 3 is 2.15 bits per heavy atom. The molecule has 0 radical (unpaired) electrons. The Bertz CT molecular complexity index is 245. The first kappa shape index (κ1) is 9.57. The Hall–Kier alpha value is -1.52. The van der Waals surface area contributed by atoms with E-state index in [1.807, 2.05) is 0 Å². The molecule has 1 aliphatic rings. The van der Waals surface area contributed by atoms with E-state index in [0.29, 0.717) is 12.6 Å². The van der Waals surface area contributed by atoms with Crippen molar-refractivity contribution in [3.63, 3.8) is 0 Å². The molecule has 5 heteroatoms. The van der Waals surface area contributed by atoms with Crippen molar-refractivity contribution in [3.8, 4) is 0 Å². The lowest BCUT2D eigenvalue weighted by atomic mass is 10.2. The van der Waals surface area contributed by atoms with Gasteiger partial charge in [-0.1, -0.05) is 0 Å². The van der Waals surface area contributed by atoms with Crippen LogP contribution in [0.5, 0.6) is 0 Å². The van der Waals surface area contributed by atoms with Gasteiger partial charge in [0.15, 0.2) is 0 Å². The van der Waals surface area contributed by atoms with Crippen molar-refractivity contribution in [1.29, 1.82) is 0 Å². The van der Waals surface area contributed by atoms with Crippen molar-refractivity contribution < 1.29 is 19.2 Å². The van der Waals surface area contributed by atoms with Crippen molar-refractivity contribution in [2.75, 3.05) is 0 Å². The summed E-state index contributed by atoms with van der Waals surface area (Å²) in [4.78, 5) is 43.7. The lowest BCUT2D eigenvalue weighted by Gasteiger charge is -2.18. The molecule has 2 amide bonds. The van der Waals surface area contributed by atoms with Crippen LogP contribution in [0.3, 0.4) is 0 Å². The van der Waals surface area contributed by atoms with E-state index in [1.54, 1.807) is 0 Å². The lowest BCUT2D eigenvalue weighted by Crippen LogP contribution is -2.40. The van der Waals surface area contributed by atoms with Gasteiger partial charge in [0.2, 0.25) is 11.8 Å². The van der Waals surface area contributed by atoms with Gasteiger partial charge in [-0.15, -0.1) is 0 Å². The van der Waals surface area contributed by atoms with Gasteiger partial charge in [-0.05, 0) is 0 Å². The number of amides is 2. The maximum absolute atomic E-state index is 11.1. The number of carbonyl (C=O) groups is 4. The van der Waals surface area contributed by atoms with E-state index < -0.39 is 6.04 Å². The van der Waals surface area contributed by atoms with Gasteiger partial charge in [0.25, 0.3) is 0 Å². The number of nitrogens with zero attached hydrogens (tertiary/aromatic N) is 1. The van der Waals surface area contributed by atoms with Gasteiger partial charge in [-0.2, -0.15) is 0 Å². The summed E-state index contributed by atoms with van der Waals surface area (Å²) in [5.41, 5.74) is 0. The zero-order valence-corrected chi connectivity index (χ0v) is 6.93. The predicted octanol–water partition coefficient (Wildman–Crippen LogP) is -0.708. The summed E-state index contributed by atoms with van der Waals surface area (Å²) in [6, 6.07) is -0.903. The Morgan fingerprint density at radius 2 is 1.77 bits per heavy atom. The number of hydrogen-bond donors (Lipinski definition) is 0. The molecule has 1 saturated heterocycles. The SMILES string of the molecule is O=CCC(C=O)N1C(=O)CCC1=O. The van der Waals surface area contributed by atoms with E-state index in [2.05, 4.69) is 0 Å². The molecule has 70 valence electrons. The molecule has 0 aromatic rings. The second-order valence-electron chi connectivity index (χ2n) is 2.76. The highest BCUT2D eigenvalue weighted by atomic mass is 16.2. The van der Waals surface area contributed by atoms with E-state index in [4.69, 9.17) is 0 Å². The van der Waals surface area contributed by atoms with Crippen LogP contribution in [0.4, 0.5) is 0 Å². The van der Waals surface area contributed by atoms with E-state index in [-0.39, 0.29) is 31.1 Å². The van der Waals surface area contributed by atoms with Crippen molar-refractivity contribution in [1.82, 2.24) is 4.90 Å². The first-order valence-electron chi connectivity index (χ1n) is 3.94. The van der Waals surface area contributed by atoms with Gasteiger partial charge in [0.05, 0.1) is 0 Å². The van der Waals surface area contributed by atoms with Crippen LogP contribution in [0.25, 0.3) is 0 Å². The van der Waals surface area contributed by atoms with Crippen molar-refractivity contribution in [2.24, 2.45) is 0 Å². The molecule has 5 nitrogen and oxygen atoms in total. The summed E-state index contributed by atoms with van der Waals surface area (Å²) in [6.45, 7) is 0. The number of rotatable bonds is 4. The fraction of sp³-hybridized carbons (Fsp3) is 0.500. The van der Waals surface area contributed by atoms with Crippen LogP contribution in [0.1, 0.15) is 19.3 Å². The fourth-order valence-electron chi connectivity index (χ4n) is 1.28. The third-order valence-corrected chi connectivity index (χ3v) is 1.92. The van der Waals surface area contributed by atoms with Crippen molar-refractivity contribution in [2.45, 2.75) is 25.3 Å². The van der Waals surface area contributed by atoms with E-state index in [1.165, 1.54) is 0 Å². The molecule has 1 fully saturated rings. The fourth-order valence-corrected chi connectivity index (χ4v) is 1.28. The second-order valence-corrected chi connectivity index (χ2v) is 2.76. The third kappa shape index (κ3) is 1.80. The number of aldehydes is 2. The quantitative estimate of drug-likeness (QED) is 0.426. The molecular formula is C8H9NO4. The molecule has 1 heterocycles. The minimum absolute atomic E-state index is 0.110. The largest absolute Gasteiger partial charge is 0.303 e. The van der Waals surface area contributed by atoms with Crippen LogP contribution in [-0.4, -0.2) is 35.3 Å². The van der Waals surface area contributed by atoms with Crippen LogP contribution in [0, 0.1) is 0 Å². The average molecular weight is 183 g/mol. The average Bonchev–Trinajstić information content (AvgIpc) is 2.43. The normalized spacial score (nSPS) is 18.9. The molecule has 0 aliphatic carbocycles. The van der Waals surface area contributed by atoms with Gasteiger partial charge in [-0.3, -0.25) is 14.5 Å². The highest BCUT2D eigenvalue weighted by Crippen LogP contribution is 2.15. The molecule has 1 aliphatic heterocycles. The molecule has 0 saturated carbocycles. The topological polar surface area (TPSA) is 71.5 Å². The summed E-state index contributed by atoms with van der Waals surface area (Å²) in [7, 11) is 0. The number of imide groups is 1. The Morgan fingerprint density at radius 1 is 1.23 bits per heavy atom. The molecule has 1 rings (SSSR count). The molecule has 13 heavy (non-hydrogen) atoms. The highest BCUT2D eigenvalue weighted by Gasteiger charge is 2.34. The first-order valence-corrected chi connectivity index (χ1v) is 3.94. The standard InChI is InChI=1S/C8H9NO4/c10-4-3-6(5-11)9-7(12)1-2-8(9)13/h4-6H,1-3H2. The van der Waals surface area contributed by atoms with Gasteiger partial charge in [0.1, 0.15) is 18.6 Å². The van der Waals surface area contributed by atoms with Crippen molar-refractivity contribution >= 4 is 24.4 Å². The van der Waals surface area contributed by atoms with E-state index in [9.17, 15) is 19.2 Å². The molecule has 0 aromatic carbocycles. The molecule has 0 N–H and O–H groups in total. The molecule has 0 bridgehead atoms. The van der Waals surface area contributed by atoms with Gasteiger partial charge in [0, 0.05) is 19.3 Å². The minimum Gasteiger partial charge on any atom is -0.303 e. The van der Waals surface area contributed by atoms with Gasteiger partial charge >= 0.3 is 0 Å². The third-order valence-electron chi connectivity index (χ3n) is 1.92. The molecule has 0 spiro atoms. The Balaban J connectivity index is 2.76. The minimum atomic E-state index is -0.903. The van der Waals surface area contributed by atoms with Crippen LogP contribution >= 0.6 is 0 Å². The van der Waals surface area contributed by atoms with Gasteiger partial charge < -0.3 is 9.59 Å². The Kier molecular flexibility index (Phi) is 2.89. The zero-order valence-electron chi connectivity index (χ0n) is 6.93. The summed E-state index contributed by atoms with van der Waals surface area (Å²) in [5.74, 6) is -0.743.